The number of halogens is 3. The van der Waals surface area contributed by atoms with Gasteiger partial charge in [0.2, 0.25) is 0 Å². The third-order valence-corrected chi connectivity index (χ3v) is 3.46. The summed E-state index contributed by atoms with van der Waals surface area (Å²) in [4.78, 5) is 0. The van der Waals surface area contributed by atoms with Crippen molar-refractivity contribution in [3.63, 3.8) is 0 Å². The van der Waals surface area contributed by atoms with E-state index < -0.39 is 11.7 Å². The van der Waals surface area contributed by atoms with Crippen LogP contribution in [0.25, 0.3) is 11.1 Å². The Bertz CT molecular complexity index is 644. The average molecular weight is 294 g/mol. The van der Waals surface area contributed by atoms with E-state index in [0.29, 0.717) is 18.6 Å². The molecular formula is C16H13F3O2. The van der Waals surface area contributed by atoms with Gasteiger partial charge in [0.05, 0.1) is 18.3 Å². The van der Waals surface area contributed by atoms with Crippen molar-refractivity contribution >= 4 is 0 Å². The number of hydrogen-bond donors (Lipinski definition) is 1. The predicted molar refractivity (Wildman–Crippen MR) is 72.0 cm³/mol. The fraction of sp³-hybridized carbons (Fsp3) is 0.250. The topological polar surface area (TPSA) is 32.8 Å². The van der Waals surface area contributed by atoms with Gasteiger partial charge in [0, 0.05) is 6.42 Å². The largest absolute Gasteiger partial charge is 0.508 e. The van der Waals surface area contributed by atoms with E-state index in [9.17, 15) is 18.3 Å². The van der Waals surface area contributed by atoms with Crippen LogP contribution in [0.1, 0.15) is 11.1 Å². The summed E-state index contributed by atoms with van der Waals surface area (Å²) in [6.07, 6.45) is -3.55. The van der Waals surface area contributed by atoms with Gasteiger partial charge in [0.15, 0.2) is 0 Å². The molecule has 1 unspecified atom stereocenters. The molecule has 1 fully saturated rings. The zero-order valence-corrected chi connectivity index (χ0v) is 11.0. The van der Waals surface area contributed by atoms with Gasteiger partial charge in [-0.1, -0.05) is 18.2 Å². The second-order valence-corrected chi connectivity index (χ2v) is 5.08. The molecule has 2 aromatic carbocycles. The molecule has 0 aromatic heterocycles. The molecule has 5 heteroatoms. The molecule has 21 heavy (non-hydrogen) atoms. The summed E-state index contributed by atoms with van der Waals surface area (Å²) in [7, 11) is 0. The first-order chi connectivity index (χ1) is 9.93. The Morgan fingerprint density at radius 1 is 1.10 bits per heavy atom. The highest BCUT2D eigenvalue weighted by atomic mass is 19.4. The Morgan fingerprint density at radius 3 is 2.33 bits per heavy atom. The van der Waals surface area contributed by atoms with Gasteiger partial charge in [-0.2, -0.15) is 13.2 Å². The average Bonchev–Trinajstić information content (AvgIpc) is 3.22. The lowest BCUT2D eigenvalue weighted by Gasteiger charge is -2.11. The first-order valence-electron chi connectivity index (χ1n) is 6.54. The third-order valence-electron chi connectivity index (χ3n) is 3.46. The molecule has 1 atom stereocenters. The van der Waals surface area contributed by atoms with Crippen molar-refractivity contribution in [1.29, 1.82) is 0 Å². The zero-order valence-electron chi connectivity index (χ0n) is 11.0. The van der Waals surface area contributed by atoms with Crippen molar-refractivity contribution in [3.8, 4) is 16.9 Å². The van der Waals surface area contributed by atoms with Crippen LogP contribution in [0.4, 0.5) is 13.2 Å². The first-order valence-corrected chi connectivity index (χ1v) is 6.54. The van der Waals surface area contributed by atoms with E-state index in [0.717, 1.165) is 23.3 Å². The van der Waals surface area contributed by atoms with E-state index in [1.165, 1.54) is 18.2 Å². The van der Waals surface area contributed by atoms with Crippen molar-refractivity contribution in [2.45, 2.75) is 18.7 Å². The number of epoxide rings is 1. The molecule has 1 saturated heterocycles. The number of rotatable bonds is 3. The van der Waals surface area contributed by atoms with E-state index in [1.54, 1.807) is 12.1 Å². The van der Waals surface area contributed by atoms with Crippen molar-refractivity contribution in [1.82, 2.24) is 0 Å². The minimum Gasteiger partial charge on any atom is -0.508 e. The van der Waals surface area contributed by atoms with Crippen molar-refractivity contribution in [3.05, 3.63) is 53.6 Å². The molecule has 0 amide bonds. The Balaban J connectivity index is 1.95. The van der Waals surface area contributed by atoms with Gasteiger partial charge < -0.3 is 9.84 Å². The SMILES string of the molecule is Oc1ccc(-c2ccc(C(F)(F)F)cc2)c(CC2CO2)c1. The van der Waals surface area contributed by atoms with Crippen LogP contribution >= 0.6 is 0 Å². The maximum atomic E-state index is 12.6. The van der Waals surface area contributed by atoms with E-state index in [2.05, 4.69) is 0 Å². The number of benzene rings is 2. The Hall–Kier alpha value is -2.01. The van der Waals surface area contributed by atoms with Crippen LogP contribution in [0.5, 0.6) is 5.75 Å². The van der Waals surface area contributed by atoms with Crippen LogP contribution in [0.15, 0.2) is 42.5 Å². The summed E-state index contributed by atoms with van der Waals surface area (Å²) in [5.41, 5.74) is 1.71. The Kier molecular flexibility index (Phi) is 3.37. The van der Waals surface area contributed by atoms with E-state index >= 15 is 0 Å². The summed E-state index contributed by atoms with van der Waals surface area (Å²) < 4.78 is 42.9. The van der Waals surface area contributed by atoms with Gasteiger partial charge in [-0.05, 0) is 41.0 Å². The molecule has 0 spiro atoms. The lowest BCUT2D eigenvalue weighted by atomic mass is 9.95. The maximum Gasteiger partial charge on any atom is 0.416 e. The molecule has 2 aromatic rings. The number of alkyl halides is 3. The van der Waals surface area contributed by atoms with Gasteiger partial charge in [-0.15, -0.1) is 0 Å². The highest BCUT2D eigenvalue weighted by molar-refractivity contribution is 5.69. The smallest absolute Gasteiger partial charge is 0.416 e. The third kappa shape index (κ3) is 3.19. The fourth-order valence-corrected chi connectivity index (χ4v) is 2.30. The van der Waals surface area contributed by atoms with Crippen molar-refractivity contribution in [2.24, 2.45) is 0 Å². The van der Waals surface area contributed by atoms with Crippen molar-refractivity contribution < 1.29 is 23.0 Å². The van der Waals surface area contributed by atoms with E-state index in [-0.39, 0.29) is 11.9 Å². The molecule has 110 valence electrons. The first kappa shape index (κ1) is 13.9. The zero-order chi connectivity index (χ0) is 15.0. The molecule has 0 radical (unpaired) electrons. The number of aromatic hydroxyl groups is 1. The summed E-state index contributed by atoms with van der Waals surface area (Å²) >= 11 is 0. The van der Waals surface area contributed by atoms with Crippen LogP contribution < -0.4 is 0 Å². The van der Waals surface area contributed by atoms with E-state index in [4.69, 9.17) is 4.74 Å². The minimum atomic E-state index is -4.34. The predicted octanol–water partition coefficient (Wildman–Crippen LogP) is 4.02. The molecule has 2 nitrogen and oxygen atoms in total. The minimum absolute atomic E-state index is 0.139. The number of phenolic OH excluding ortho intramolecular Hbond substituents is 1. The molecule has 1 aliphatic heterocycles. The Morgan fingerprint density at radius 2 is 1.76 bits per heavy atom. The number of hydrogen-bond acceptors (Lipinski definition) is 2. The van der Waals surface area contributed by atoms with Gasteiger partial charge >= 0.3 is 6.18 Å². The normalized spacial score (nSPS) is 17.8. The summed E-state index contributed by atoms with van der Waals surface area (Å²) in [5.74, 6) is 0.140. The lowest BCUT2D eigenvalue weighted by Crippen LogP contribution is -2.04. The lowest BCUT2D eigenvalue weighted by molar-refractivity contribution is -0.137. The van der Waals surface area contributed by atoms with E-state index in [1.807, 2.05) is 0 Å². The highest BCUT2D eigenvalue weighted by Crippen LogP contribution is 2.33. The molecule has 1 aliphatic rings. The Labute approximate surface area is 119 Å². The quantitative estimate of drug-likeness (QED) is 0.867. The standard InChI is InChI=1S/C16H13F3O2/c17-16(18,19)12-3-1-10(2-4-12)15-6-5-13(20)7-11(15)8-14-9-21-14/h1-7,14,20H,8-9H2. The summed E-state index contributed by atoms with van der Waals surface area (Å²) in [5, 5.41) is 9.58. The van der Waals surface area contributed by atoms with Crippen LogP contribution in [0.2, 0.25) is 0 Å². The number of phenols is 1. The highest BCUT2D eigenvalue weighted by Gasteiger charge is 2.30. The van der Waals surface area contributed by atoms with Crippen LogP contribution in [0.3, 0.4) is 0 Å². The molecule has 3 rings (SSSR count). The van der Waals surface area contributed by atoms with Crippen molar-refractivity contribution in [2.75, 3.05) is 6.61 Å². The monoisotopic (exact) mass is 294 g/mol. The number of ether oxygens (including phenoxy) is 1. The molecule has 1 N–H and O–H groups in total. The second kappa shape index (κ2) is 5.07. The molecule has 0 aliphatic carbocycles. The van der Waals surface area contributed by atoms with Gasteiger partial charge in [0.25, 0.3) is 0 Å². The van der Waals surface area contributed by atoms with Gasteiger partial charge in [-0.3, -0.25) is 0 Å². The van der Waals surface area contributed by atoms with Crippen LogP contribution in [-0.2, 0) is 17.3 Å². The van der Waals surface area contributed by atoms with Crippen LogP contribution in [0, 0.1) is 0 Å². The second-order valence-electron chi connectivity index (χ2n) is 5.08. The molecule has 0 bridgehead atoms. The fourth-order valence-electron chi connectivity index (χ4n) is 2.30. The maximum absolute atomic E-state index is 12.6. The summed E-state index contributed by atoms with van der Waals surface area (Å²) in [6, 6.07) is 9.92. The van der Waals surface area contributed by atoms with Crippen LogP contribution in [-0.4, -0.2) is 17.8 Å². The van der Waals surface area contributed by atoms with Gasteiger partial charge in [0.1, 0.15) is 5.75 Å². The molecular weight excluding hydrogens is 281 g/mol. The summed E-state index contributed by atoms with van der Waals surface area (Å²) in [6.45, 7) is 0.683. The molecule has 1 heterocycles. The molecule has 0 saturated carbocycles. The van der Waals surface area contributed by atoms with Gasteiger partial charge in [-0.25, -0.2) is 0 Å².